The third-order valence-electron chi connectivity index (χ3n) is 6.40. The zero-order chi connectivity index (χ0) is 20.0. The summed E-state index contributed by atoms with van der Waals surface area (Å²) in [6.07, 6.45) is 7.80. The van der Waals surface area contributed by atoms with Gasteiger partial charge in [0.15, 0.2) is 5.65 Å². The fourth-order valence-corrected chi connectivity index (χ4v) is 6.29. The van der Waals surface area contributed by atoms with Gasteiger partial charge < -0.3 is 4.57 Å². The van der Waals surface area contributed by atoms with Crippen LogP contribution in [0.5, 0.6) is 0 Å². The van der Waals surface area contributed by atoms with Gasteiger partial charge in [-0.2, -0.15) is 4.31 Å². The van der Waals surface area contributed by atoms with Gasteiger partial charge in [0.25, 0.3) is 0 Å². The number of hydrogen-bond donors (Lipinski definition) is 0. The van der Waals surface area contributed by atoms with Gasteiger partial charge in [0.05, 0.1) is 4.90 Å². The van der Waals surface area contributed by atoms with Crippen LogP contribution in [0.25, 0.3) is 11.2 Å². The van der Waals surface area contributed by atoms with Gasteiger partial charge in [-0.25, -0.2) is 18.4 Å². The Morgan fingerprint density at radius 1 is 1.14 bits per heavy atom. The molecule has 3 aromatic rings. The minimum absolute atomic E-state index is 0.276. The predicted molar refractivity (Wildman–Crippen MR) is 112 cm³/mol. The summed E-state index contributed by atoms with van der Waals surface area (Å²) in [5, 5.41) is 0. The van der Waals surface area contributed by atoms with E-state index >= 15 is 0 Å². The van der Waals surface area contributed by atoms with Crippen molar-refractivity contribution >= 4 is 21.2 Å². The second-order valence-electron chi connectivity index (χ2n) is 8.29. The minimum Gasteiger partial charge on any atom is -0.316 e. The first-order chi connectivity index (χ1) is 14.0. The van der Waals surface area contributed by atoms with Gasteiger partial charge in [-0.3, -0.25) is 0 Å². The normalized spacial score (nSPS) is 20.2. The second-order valence-corrected chi connectivity index (χ2v) is 10.2. The quantitative estimate of drug-likeness (QED) is 0.663. The van der Waals surface area contributed by atoms with Crippen molar-refractivity contribution in [1.29, 1.82) is 0 Å². The largest absolute Gasteiger partial charge is 0.316 e. The van der Waals surface area contributed by atoms with Crippen molar-refractivity contribution in [1.82, 2.24) is 18.8 Å². The number of imidazole rings is 1. The van der Waals surface area contributed by atoms with E-state index in [1.807, 2.05) is 35.9 Å². The highest BCUT2D eigenvalue weighted by Crippen LogP contribution is 2.30. The molecule has 1 saturated heterocycles. The molecule has 6 nitrogen and oxygen atoms in total. The van der Waals surface area contributed by atoms with Gasteiger partial charge >= 0.3 is 0 Å². The average Bonchev–Trinajstić information content (AvgIpc) is 3.34. The van der Waals surface area contributed by atoms with E-state index in [0.717, 1.165) is 49.1 Å². The molecule has 0 saturated carbocycles. The highest BCUT2D eigenvalue weighted by atomic mass is 32.2. The molecule has 3 heterocycles. The molecule has 0 radical (unpaired) electrons. The summed E-state index contributed by atoms with van der Waals surface area (Å²) in [5.41, 5.74) is 4.28. The lowest BCUT2D eigenvalue weighted by molar-refractivity contribution is 0.451. The standard InChI is InChI=1S/C22H26N4O2S/c1-25-21(24-20-7-4-11-23-22(20)25)13-16-10-12-26(15-16)29(27,28)19-9-8-17-5-2-3-6-18(17)14-19/h4,7-9,11,14,16H,2-3,5-6,10,12-13,15H2,1H3/t16-/m1/s1. The summed E-state index contributed by atoms with van der Waals surface area (Å²) in [6.45, 7) is 1.13. The molecule has 0 amide bonds. The summed E-state index contributed by atoms with van der Waals surface area (Å²) in [4.78, 5) is 9.55. The fourth-order valence-electron chi connectivity index (χ4n) is 4.71. The maximum absolute atomic E-state index is 13.2. The summed E-state index contributed by atoms with van der Waals surface area (Å²) < 4.78 is 30.1. The SMILES string of the molecule is Cn1c(C[C@H]2CCN(S(=O)(=O)c3ccc4c(c3)CCCC4)C2)nc2cccnc21. The molecule has 1 aromatic carbocycles. The van der Waals surface area contributed by atoms with E-state index in [-0.39, 0.29) is 5.92 Å². The Balaban J connectivity index is 1.34. The third kappa shape index (κ3) is 3.36. The average molecular weight is 411 g/mol. The van der Waals surface area contributed by atoms with E-state index in [1.54, 1.807) is 16.6 Å². The molecule has 5 rings (SSSR count). The highest BCUT2D eigenvalue weighted by Gasteiger charge is 2.33. The molecular formula is C22H26N4O2S. The molecule has 2 aliphatic rings. The predicted octanol–water partition coefficient (Wildman–Crippen LogP) is 3.10. The summed E-state index contributed by atoms with van der Waals surface area (Å²) in [7, 11) is -1.46. The Bertz CT molecular complexity index is 1170. The van der Waals surface area contributed by atoms with Crippen LogP contribution >= 0.6 is 0 Å². The Morgan fingerprint density at radius 3 is 2.79 bits per heavy atom. The van der Waals surface area contributed by atoms with E-state index in [2.05, 4.69) is 4.98 Å². The van der Waals surface area contributed by atoms with E-state index in [9.17, 15) is 8.42 Å². The van der Waals surface area contributed by atoms with Crippen LogP contribution in [0, 0.1) is 5.92 Å². The zero-order valence-electron chi connectivity index (χ0n) is 16.7. The first-order valence-corrected chi connectivity index (χ1v) is 11.8. The molecule has 1 aliphatic carbocycles. The fraction of sp³-hybridized carbons (Fsp3) is 0.455. The van der Waals surface area contributed by atoms with Gasteiger partial charge in [0.2, 0.25) is 10.0 Å². The lowest BCUT2D eigenvalue weighted by Crippen LogP contribution is -2.29. The van der Waals surface area contributed by atoms with Crippen molar-refractivity contribution in [2.75, 3.05) is 13.1 Å². The molecule has 1 atom stereocenters. The Labute approximate surface area is 171 Å². The lowest BCUT2D eigenvalue weighted by atomic mass is 9.92. The van der Waals surface area contributed by atoms with E-state index in [1.165, 1.54) is 17.5 Å². The summed E-state index contributed by atoms with van der Waals surface area (Å²) >= 11 is 0. The number of hydrogen-bond acceptors (Lipinski definition) is 4. The number of pyridine rings is 1. The van der Waals surface area contributed by atoms with Crippen molar-refractivity contribution in [2.45, 2.75) is 43.4 Å². The van der Waals surface area contributed by atoms with Crippen LogP contribution in [-0.2, 0) is 36.3 Å². The smallest absolute Gasteiger partial charge is 0.243 e. The molecule has 29 heavy (non-hydrogen) atoms. The number of aromatic nitrogens is 3. The summed E-state index contributed by atoms with van der Waals surface area (Å²) in [6, 6.07) is 9.58. The number of fused-ring (bicyclic) bond motifs is 2. The Hall–Kier alpha value is -2.25. The van der Waals surface area contributed by atoms with E-state index < -0.39 is 10.0 Å². The molecule has 0 spiro atoms. The van der Waals surface area contributed by atoms with Crippen LogP contribution in [0.1, 0.15) is 36.2 Å². The van der Waals surface area contributed by atoms with Gasteiger partial charge in [-0.1, -0.05) is 6.07 Å². The van der Waals surface area contributed by atoms with Gasteiger partial charge in [0.1, 0.15) is 11.3 Å². The molecule has 0 N–H and O–H groups in total. The van der Waals surface area contributed by atoms with E-state index in [0.29, 0.717) is 18.0 Å². The van der Waals surface area contributed by atoms with Gasteiger partial charge in [0, 0.05) is 32.8 Å². The van der Waals surface area contributed by atoms with Crippen molar-refractivity contribution in [2.24, 2.45) is 13.0 Å². The maximum Gasteiger partial charge on any atom is 0.243 e. The van der Waals surface area contributed by atoms with Crippen LogP contribution < -0.4 is 0 Å². The first-order valence-electron chi connectivity index (χ1n) is 10.4. The summed E-state index contributed by atoms with van der Waals surface area (Å²) in [5.74, 6) is 1.25. The van der Waals surface area contributed by atoms with Crippen LogP contribution in [0.2, 0.25) is 0 Å². The Morgan fingerprint density at radius 2 is 1.97 bits per heavy atom. The Kier molecular flexibility index (Phi) is 4.67. The number of sulfonamides is 1. The molecule has 7 heteroatoms. The van der Waals surface area contributed by atoms with Crippen LogP contribution in [-0.4, -0.2) is 40.3 Å². The van der Waals surface area contributed by atoms with Crippen molar-refractivity contribution in [3.05, 3.63) is 53.5 Å². The lowest BCUT2D eigenvalue weighted by Gasteiger charge is -2.20. The molecule has 2 aromatic heterocycles. The monoisotopic (exact) mass is 410 g/mol. The van der Waals surface area contributed by atoms with Crippen molar-refractivity contribution in [3.63, 3.8) is 0 Å². The number of nitrogens with zero attached hydrogens (tertiary/aromatic N) is 4. The van der Waals surface area contributed by atoms with Crippen LogP contribution in [0.15, 0.2) is 41.4 Å². The zero-order valence-corrected chi connectivity index (χ0v) is 17.5. The minimum atomic E-state index is -3.44. The highest BCUT2D eigenvalue weighted by molar-refractivity contribution is 7.89. The molecule has 152 valence electrons. The number of rotatable bonds is 4. The topological polar surface area (TPSA) is 68.1 Å². The number of benzene rings is 1. The van der Waals surface area contributed by atoms with Crippen LogP contribution in [0.3, 0.4) is 0 Å². The van der Waals surface area contributed by atoms with Gasteiger partial charge in [-0.05, 0) is 73.4 Å². The molecule has 0 unspecified atom stereocenters. The van der Waals surface area contributed by atoms with Crippen molar-refractivity contribution in [3.8, 4) is 0 Å². The van der Waals surface area contributed by atoms with Crippen molar-refractivity contribution < 1.29 is 8.42 Å². The molecule has 1 fully saturated rings. The maximum atomic E-state index is 13.2. The third-order valence-corrected chi connectivity index (χ3v) is 8.26. The van der Waals surface area contributed by atoms with E-state index in [4.69, 9.17) is 4.98 Å². The van der Waals surface area contributed by atoms with Crippen LogP contribution in [0.4, 0.5) is 0 Å². The number of aryl methyl sites for hydroxylation is 3. The second kappa shape index (κ2) is 7.22. The van der Waals surface area contributed by atoms with Gasteiger partial charge in [-0.15, -0.1) is 0 Å². The molecular weight excluding hydrogens is 384 g/mol. The first kappa shape index (κ1) is 18.8. The molecule has 0 bridgehead atoms. The molecule has 1 aliphatic heterocycles.